The molecule has 2 rings (SSSR count). The summed E-state index contributed by atoms with van der Waals surface area (Å²) in [6, 6.07) is 0. The molecule has 0 bridgehead atoms. The summed E-state index contributed by atoms with van der Waals surface area (Å²) in [5, 5.41) is 10.1. The first kappa shape index (κ1) is 13.0. The number of aromatic nitrogens is 1. The third-order valence-corrected chi connectivity index (χ3v) is 4.31. The van der Waals surface area contributed by atoms with Gasteiger partial charge >= 0.3 is 0 Å². The number of aliphatic hydroxyl groups excluding tert-OH is 1. The Kier molecular flexibility index (Phi) is 4.91. The first-order valence-corrected chi connectivity index (χ1v) is 7.05. The molecule has 0 radical (unpaired) electrons. The highest BCUT2D eigenvalue weighted by atomic mass is 32.1. The lowest BCUT2D eigenvalue weighted by molar-refractivity contribution is 0.155. The summed E-state index contributed by atoms with van der Waals surface area (Å²) in [6.07, 6.45) is 3.69. The van der Waals surface area contributed by atoms with Gasteiger partial charge in [-0.1, -0.05) is 0 Å². The quantitative estimate of drug-likeness (QED) is 0.830. The van der Waals surface area contributed by atoms with Crippen LogP contribution >= 0.6 is 11.3 Å². The molecule has 0 atom stereocenters. The summed E-state index contributed by atoms with van der Waals surface area (Å²) in [7, 11) is 2.18. The van der Waals surface area contributed by atoms with Crippen LogP contribution in [-0.2, 0) is 12.8 Å². The number of hydrogen-bond donors (Lipinski definition) is 1. The van der Waals surface area contributed by atoms with E-state index in [4.69, 9.17) is 5.11 Å². The van der Waals surface area contributed by atoms with Gasteiger partial charge in [0.1, 0.15) is 0 Å². The monoisotopic (exact) mass is 255 g/mol. The lowest BCUT2D eigenvalue weighted by Crippen LogP contribution is -2.45. The van der Waals surface area contributed by atoms with Gasteiger partial charge in [0, 0.05) is 63.2 Å². The van der Waals surface area contributed by atoms with Crippen molar-refractivity contribution in [3.63, 3.8) is 0 Å². The molecule has 0 amide bonds. The molecule has 0 saturated carbocycles. The minimum atomic E-state index is 0.222. The highest BCUT2D eigenvalue weighted by molar-refractivity contribution is 7.11. The molecule has 5 heteroatoms. The fraction of sp³-hybridized carbons (Fsp3) is 0.750. The smallest absolute Gasteiger partial charge is 0.0940 e. The van der Waals surface area contributed by atoms with Crippen molar-refractivity contribution in [1.29, 1.82) is 0 Å². The summed E-state index contributed by atoms with van der Waals surface area (Å²) < 4.78 is 0. The van der Waals surface area contributed by atoms with Crippen LogP contribution in [0.4, 0.5) is 0 Å². The molecule has 0 spiro atoms. The number of hydrogen-bond acceptors (Lipinski definition) is 5. The molecule has 1 aromatic heterocycles. The molecular weight excluding hydrogens is 234 g/mol. The number of piperazine rings is 1. The molecule has 1 saturated heterocycles. The average molecular weight is 255 g/mol. The van der Waals surface area contributed by atoms with E-state index in [1.54, 1.807) is 11.3 Å². The topological polar surface area (TPSA) is 39.6 Å². The number of aliphatic hydroxyl groups is 1. The molecule has 17 heavy (non-hydrogen) atoms. The van der Waals surface area contributed by atoms with Gasteiger partial charge in [-0.3, -0.25) is 0 Å². The third kappa shape index (κ3) is 4.03. The highest BCUT2D eigenvalue weighted by Gasteiger charge is 2.13. The fourth-order valence-electron chi connectivity index (χ4n) is 2.01. The predicted octanol–water partition coefficient (Wildman–Crippen LogP) is 0.468. The van der Waals surface area contributed by atoms with Crippen molar-refractivity contribution in [2.75, 3.05) is 46.4 Å². The van der Waals surface area contributed by atoms with E-state index in [9.17, 15) is 0 Å². The van der Waals surface area contributed by atoms with Crippen molar-refractivity contribution in [1.82, 2.24) is 14.8 Å². The molecule has 1 fully saturated rings. The van der Waals surface area contributed by atoms with E-state index < -0.39 is 0 Å². The summed E-state index contributed by atoms with van der Waals surface area (Å²) in [5.74, 6) is 0. The van der Waals surface area contributed by atoms with Gasteiger partial charge in [-0.05, 0) is 7.05 Å². The molecule has 0 aromatic carbocycles. The molecule has 4 nitrogen and oxygen atoms in total. The largest absolute Gasteiger partial charge is 0.396 e. The molecule has 0 unspecified atom stereocenters. The van der Waals surface area contributed by atoms with Crippen LogP contribution in [0.25, 0.3) is 0 Å². The Morgan fingerprint density at radius 2 is 2.06 bits per heavy atom. The van der Waals surface area contributed by atoms with Gasteiger partial charge < -0.3 is 14.9 Å². The Balaban J connectivity index is 1.73. The molecule has 0 aliphatic carbocycles. The Labute approximate surface area is 107 Å². The van der Waals surface area contributed by atoms with Gasteiger partial charge in [0.15, 0.2) is 0 Å². The number of thiazole rings is 1. The van der Waals surface area contributed by atoms with E-state index in [1.165, 1.54) is 36.1 Å². The van der Waals surface area contributed by atoms with Crippen LogP contribution in [0.15, 0.2) is 6.20 Å². The van der Waals surface area contributed by atoms with Crippen LogP contribution in [0.3, 0.4) is 0 Å². The first-order valence-electron chi connectivity index (χ1n) is 6.23. The molecule has 1 aliphatic heterocycles. The van der Waals surface area contributed by atoms with E-state index in [0.29, 0.717) is 0 Å². The first-order chi connectivity index (χ1) is 8.28. The standard InChI is InChI=1S/C12H21N3OS/c1-14-5-7-15(8-6-14)4-2-12-13-10-11(17-12)3-9-16/h10,16H,2-9H2,1H3. The van der Waals surface area contributed by atoms with Gasteiger partial charge in [-0.25, -0.2) is 4.98 Å². The Morgan fingerprint density at radius 3 is 2.76 bits per heavy atom. The van der Waals surface area contributed by atoms with Crippen LogP contribution in [0.5, 0.6) is 0 Å². The van der Waals surface area contributed by atoms with Crippen molar-refractivity contribution in [2.45, 2.75) is 12.8 Å². The SMILES string of the molecule is CN1CCN(CCc2ncc(CCO)s2)CC1. The predicted molar refractivity (Wildman–Crippen MR) is 70.5 cm³/mol. The van der Waals surface area contributed by atoms with Crippen LogP contribution in [0, 0.1) is 0 Å². The van der Waals surface area contributed by atoms with E-state index in [0.717, 1.165) is 19.4 Å². The summed E-state index contributed by atoms with van der Waals surface area (Å²) in [5.41, 5.74) is 0. The van der Waals surface area contributed by atoms with Crippen LogP contribution in [0.1, 0.15) is 9.88 Å². The maximum Gasteiger partial charge on any atom is 0.0940 e. The highest BCUT2D eigenvalue weighted by Crippen LogP contribution is 2.14. The van der Waals surface area contributed by atoms with Crippen molar-refractivity contribution >= 4 is 11.3 Å². The Morgan fingerprint density at radius 1 is 1.29 bits per heavy atom. The van der Waals surface area contributed by atoms with E-state index in [2.05, 4.69) is 21.8 Å². The molecule has 1 aromatic rings. The Bertz CT molecular complexity index is 334. The average Bonchev–Trinajstić information content (AvgIpc) is 2.77. The van der Waals surface area contributed by atoms with Gasteiger partial charge in [0.2, 0.25) is 0 Å². The minimum Gasteiger partial charge on any atom is -0.396 e. The second-order valence-electron chi connectivity index (χ2n) is 4.59. The molecule has 96 valence electrons. The van der Waals surface area contributed by atoms with Gasteiger partial charge in [-0.2, -0.15) is 0 Å². The van der Waals surface area contributed by atoms with Gasteiger partial charge in [-0.15, -0.1) is 11.3 Å². The summed E-state index contributed by atoms with van der Waals surface area (Å²) in [6.45, 7) is 6.03. The number of nitrogens with zero attached hydrogens (tertiary/aromatic N) is 3. The van der Waals surface area contributed by atoms with Crippen LogP contribution < -0.4 is 0 Å². The molecule has 1 N–H and O–H groups in total. The zero-order valence-electron chi connectivity index (χ0n) is 10.4. The fourth-order valence-corrected chi connectivity index (χ4v) is 2.91. The van der Waals surface area contributed by atoms with Crippen LogP contribution in [-0.4, -0.2) is 66.3 Å². The van der Waals surface area contributed by atoms with Crippen molar-refractivity contribution < 1.29 is 5.11 Å². The number of rotatable bonds is 5. The van der Waals surface area contributed by atoms with E-state index in [-0.39, 0.29) is 6.61 Å². The summed E-state index contributed by atoms with van der Waals surface area (Å²) in [4.78, 5) is 10.5. The second-order valence-corrected chi connectivity index (χ2v) is 5.79. The molecule has 1 aliphatic rings. The zero-order chi connectivity index (χ0) is 12.1. The number of likely N-dealkylation sites (N-methyl/N-ethyl adjacent to an activating group) is 1. The van der Waals surface area contributed by atoms with E-state index in [1.807, 2.05) is 6.20 Å². The lowest BCUT2D eigenvalue weighted by Gasteiger charge is -2.32. The van der Waals surface area contributed by atoms with Crippen LogP contribution in [0.2, 0.25) is 0 Å². The Hall–Kier alpha value is -0.490. The molecule has 2 heterocycles. The van der Waals surface area contributed by atoms with Crippen molar-refractivity contribution in [3.8, 4) is 0 Å². The van der Waals surface area contributed by atoms with Crippen molar-refractivity contribution in [2.24, 2.45) is 0 Å². The van der Waals surface area contributed by atoms with Gasteiger partial charge in [0.05, 0.1) is 5.01 Å². The zero-order valence-corrected chi connectivity index (χ0v) is 11.2. The molecular formula is C12H21N3OS. The normalized spacial score (nSPS) is 18.7. The van der Waals surface area contributed by atoms with E-state index >= 15 is 0 Å². The maximum absolute atomic E-state index is 8.85. The third-order valence-electron chi connectivity index (χ3n) is 3.20. The lowest BCUT2D eigenvalue weighted by atomic mass is 10.3. The maximum atomic E-state index is 8.85. The minimum absolute atomic E-state index is 0.222. The summed E-state index contributed by atoms with van der Waals surface area (Å²) >= 11 is 1.74. The van der Waals surface area contributed by atoms with Crippen molar-refractivity contribution in [3.05, 3.63) is 16.1 Å². The van der Waals surface area contributed by atoms with Gasteiger partial charge in [0.25, 0.3) is 0 Å². The second kappa shape index (κ2) is 6.44.